The van der Waals surface area contributed by atoms with Crippen LogP contribution in [0.1, 0.15) is 34.9 Å². The van der Waals surface area contributed by atoms with Gasteiger partial charge in [-0.05, 0) is 42.7 Å². The lowest BCUT2D eigenvalue weighted by Crippen LogP contribution is -2.44. The normalized spacial score (nSPS) is 18.5. The average Bonchev–Trinajstić information content (AvgIpc) is 3.51. The van der Waals surface area contributed by atoms with E-state index < -0.39 is 12.6 Å². The Morgan fingerprint density at radius 2 is 2.00 bits per heavy atom. The Bertz CT molecular complexity index is 894. The van der Waals surface area contributed by atoms with E-state index in [4.69, 9.17) is 9.47 Å². The van der Waals surface area contributed by atoms with Crippen LogP contribution in [0.4, 0.5) is 5.69 Å². The summed E-state index contributed by atoms with van der Waals surface area (Å²) >= 11 is 0. The first kappa shape index (κ1) is 17.2. The molecule has 7 nitrogen and oxygen atoms in total. The third-order valence-electron chi connectivity index (χ3n) is 4.75. The number of anilines is 1. The van der Waals surface area contributed by atoms with Gasteiger partial charge in [0.15, 0.2) is 11.5 Å². The first-order chi connectivity index (χ1) is 13.1. The van der Waals surface area contributed by atoms with Gasteiger partial charge in [-0.3, -0.25) is 4.79 Å². The molecule has 140 valence electrons. The summed E-state index contributed by atoms with van der Waals surface area (Å²) in [7, 11) is 1.48. The lowest BCUT2D eigenvalue weighted by Gasteiger charge is -2.38. The van der Waals surface area contributed by atoms with E-state index in [0.29, 0.717) is 17.1 Å². The summed E-state index contributed by atoms with van der Waals surface area (Å²) in [6.45, 7) is -0.558. The second-order valence-corrected chi connectivity index (χ2v) is 6.61. The van der Waals surface area contributed by atoms with E-state index in [1.807, 2.05) is 29.2 Å². The molecule has 4 rings (SSSR count). The highest BCUT2D eigenvalue weighted by Crippen LogP contribution is 2.42. The summed E-state index contributed by atoms with van der Waals surface area (Å²) in [6, 6.07) is 12.9. The fraction of sp³-hybridized carbons (Fsp3) is 0.300. The van der Waals surface area contributed by atoms with Crippen molar-refractivity contribution in [2.45, 2.75) is 25.0 Å². The largest absolute Gasteiger partial charge is 0.546 e. The third-order valence-corrected chi connectivity index (χ3v) is 4.75. The topological polar surface area (TPSA) is 90.9 Å². The Morgan fingerprint density at radius 3 is 2.70 bits per heavy atom. The highest BCUT2D eigenvalue weighted by molar-refractivity contribution is 6.02. The van der Waals surface area contributed by atoms with Crippen LogP contribution in [-0.2, 0) is 4.79 Å². The van der Waals surface area contributed by atoms with Crippen molar-refractivity contribution in [2.75, 3.05) is 19.0 Å². The molecule has 7 heteroatoms. The molecular weight excluding hydrogens is 348 g/mol. The third kappa shape index (κ3) is 3.28. The number of carboxylic acids is 1. The summed E-state index contributed by atoms with van der Waals surface area (Å²) in [5.74, 6) is -0.589. The first-order valence-corrected chi connectivity index (χ1v) is 8.77. The predicted molar refractivity (Wildman–Crippen MR) is 95.5 cm³/mol. The molecule has 0 spiro atoms. The molecule has 0 bridgehead atoms. The lowest BCUT2D eigenvalue weighted by atomic mass is 10.0. The molecule has 1 fully saturated rings. The van der Waals surface area contributed by atoms with Crippen LogP contribution in [0.2, 0.25) is 0 Å². The van der Waals surface area contributed by atoms with Gasteiger partial charge in [-0.1, -0.05) is 18.2 Å². The summed E-state index contributed by atoms with van der Waals surface area (Å²) in [5.41, 5.74) is 2.30. The molecule has 2 aromatic carbocycles. The van der Waals surface area contributed by atoms with Crippen molar-refractivity contribution in [1.29, 1.82) is 0 Å². The van der Waals surface area contributed by atoms with Crippen LogP contribution in [0.25, 0.3) is 0 Å². The molecule has 1 amide bonds. The highest BCUT2D eigenvalue weighted by Gasteiger charge is 2.42. The number of rotatable bonds is 6. The number of methoxy groups -OCH3 is 1. The number of benzene rings is 2. The number of carboxylic acid groups (broad SMARTS) is 1. The zero-order valence-electron chi connectivity index (χ0n) is 14.8. The standard InChI is InChI=1S/C20H20N2O5/c1-26-17-10-12(6-9-16(17)27-11-18(23)24)19-21-15-5-3-2-4-14(15)20(25)22(19)13-7-8-13/h2-6,9-10,13,19,21H,7-8,11H2,1H3,(H,23,24)/p-1/t19-/m1/s1. The van der Waals surface area contributed by atoms with Gasteiger partial charge in [0.25, 0.3) is 5.91 Å². The Hall–Kier alpha value is -3.22. The van der Waals surface area contributed by atoms with Crippen molar-refractivity contribution in [1.82, 2.24) is 4.90 Å². The Balaban J connectivity index is 1.69. The number of carbonyl (C=O) groups excluding carboxylic acids is 2. The van der Waals surface area contributed by atoms with E-state index in [2.05, 4.69) is 5.32 Å². The van der Waals surface area contributed by atoms with E-state index in [1.54, 1.807) is 18.2 Å². The van der Waals surface area contributed by atoms with Crippen molar-refractivity contribution >= 4 is 17.6 Å². The maximum atomic E-state index is 13.0. The van der Waals surface area contributed by atoms with Crippen molar-refractivity contribution in [2.24, 2.45) is 0 Å². The molecule has 0 aromatic heterocycles. The molecule has 1 atom stereocenters. The number of para-hydroxylation sites is 1. The molecule has 1 aliphatic heterocycles. The number of hydrogen-bond acceptors (Lipinski definition) is 6. The molecule has 2 aromatic rings. The smallest absolute Gasteiger partial charge is 0.258 e. The van der Waals surface area contributed by atoms with Gasteiger partial charge in [0, 0.05) is 11.7 Å². The Kier molecular flexibility index (Phi) is 4.35. The number of carbonyl (C=O) groups is 2. The van der Waals surface area contributed by atoms with Crippen LogP contribution in [-0.4, -0.2) is 36.5 Å². The molecule has 27 heavy (non-hydrogen) atoms. The minimum absolute atomic E-state index is 0.00750. The Morgan fingerprint density at radius 1 is 1.22 bits per heavy atom. The van der Waals surface area contributed by atoms with Crippen LogP contribution in [0.5, 0.6) is 11.5 Å². The van der Waals surface area contributed by atoms with Crippen molar-refractivity contribution in [3.8, 4) is 11.5 Å². The van der Waals surface area contributed by atoms with E-state index >= 15 is 0 Å². The molecule has 1 saturated carbocycles. The number of amides is 1. The minimum Gasteiger partial charge on any atom is -0.546 e. The number of fused-ring (bicyclic) bond motifs is 1. The zero-order chi connectivity index (χ0) is 19.0. The number of nitrogens with one attached hydrogen (secondary N) is 1. The molecule has 0 radical (unpaired) electrons. The van der Waals surface area contributed by atoms with Gasteiger partial charge >= 0.3 is 0 Å². The fourth-order valence-electron chi connectivity index (χ4n) is 3.35. The molecule has 1 aliphatic carbocycles. The second kappa shape index (κ2) is 6.83. The van der Waals surface area contributed by atoms with Gasteiger partial charge in [-0.15, -0.1) is 0 Å². The van der Waals surface area contributed by atoms with E-state index in [1.165, 1.54) is 7.11 Å². The second-order valence-electron chi connectivity index (χ2n) is 6.61. The number of aliphatic carboxylic acids is 1. The van der Waals surface area contributed by atoms with Gasteiger partial charge in [0.1, 0.15) is 12.8 Å². The van der Waals surface area contributed by atoms with Gasteiger partial charge in [0.05, 0.1) is 18.6 Å². The van der Waals surface area contributed by atoms with Gasteiger partial charge < -0.3 is 29.6 Å². The lowest BCUT2D eigenvalue weighted by molar-refractivity contribution is -0.307. The molecule has 2 aliphatic rings. The van der Waals surface area contributed by atoms with Crippen LogP contribution in [0.15, 0.2) is 42.5 Å². The fourth-order valence-corrected chi connectivity index (χ4v) is 3.35. The van der Waals surface area contributed by atoms with Gasteiger partial charge in [0.2, 0.25) is 0 Å². The minimum atomic E-state index is -1.31. The summed E-state index contributed by atoms with van der Waals surface area (Å²) in [5, 5.41) is 14.1. The molecule has 1 N–H and O–H groups in total. The van der Waals surface area contributed by atoms with Crippen molar-refractivity contribution < 1.29 is 24.2 Å². The van der Waals surface area contributed by atoms with E-state index in [-0.39, 0.29) is 18.1 Å². The Labute approximate surface area is 156 Å². The molecule has 1 heterocycles. The van der Waals surface area contributed by atoms with Crippen molar-refractivity contribution in [3.05, 3.63) is 53.6 Å². The van der Waals surface area contributed by atoms with Crippen LogP contribution in [0, 0.1) is 0 Å². The summed E-state index contributed by atoms with van der Waals surface area (Å²) in [6.07, 6.45) is 1.63. The molecule has 0 saturated heterocycles. The number of nitrogens with zero attached hydrogens (tertiary/aromatic N) is 1. The van der Waals surface area contributed by atoms with Crippen molar-refractivity contribution in [3.63, 3.8) is 0 Å². The van der Waals surface area contributed by atoms with E-state index in [9.17, 15) is 14.7 Å². The maximum Gasteiger partial charge on any atom is 0.258 e. The average molecular weight is 367 g/mol. The summed E-state index contributed by atoms with van der Waals surface area (Å²) in [4.78, 5) is 25.5. The monoisotopic (exact) mass is 367 g/mol. The maximum absolute atomic E-state index is 13.0. The quantitative estimate of drug-likeness (QED) is 0.833. The predicted octanol–water partition coefficient (Wildman–Crippen LogP) is 1.55. The van der Waals surface area contributed by atoms with Crippen LogP contribution >= 0.6 is 0 Å². The SMILES string of the molecule is COc1cc([C@@H]2Nc3ccccc3C(=O)N2C2CC2)ccc1OCC(=O)[O-]. The zero-order valence-corrected chi connectivity index (χ0v) is 14.8. The van der Waals surface area contributed by atoms with Gasteiger partial charge in [-0.2, -0.15) is 0 Å². The highest BCUT2D eigenvalue weighted by atomic mass is 16.5. The first-order valence-electron chi connectivity index (χ1n) is 8.77. The van der Waals surface area contributed by atoms with Crippen LogP contribution in [0.3, 0.4) is 0 Å². The van der Waals surface area contributed by atoms with Crippen LogP contribution < -0.4 is 19.9 Å². The van der Waals surface area contributed by atoms with Gasteiger partial charge in [-0.25, -0.2) is 0 Å². The summed E-state index contributed by atoms with van der Waals surface area (Å²) < 4.78 is 10.6. The van der Waals surface area contributed by atoms with E-state index in [0.717, 1.165) is 24.1 Å². The molecule has 0 unspecified atom stereocenters. The number of hydrogen-bond donors (Lipinski definition) is 1. The molecular formula is C20H19N2O5-. The number of ether oxygens (including phenoxy) is 2.